The second-order valence-electron chi connectivity index (χ2n) is 4.25. The molecule has 0 atom stereocenters. The Morgan fingerprint density at radius 1 is 1.31 bits per heavy atom. The molecule has 98 valence electrons. The SMILES string of the molecule is CCCCS(=O)(=O)N1CCC(CN)CC1.Cl. The molecule has 0 aliphatic carbocycles. The molecule has 2 N–H and O–H groups in total. The zero-order chi connectivity index (χ0) is 11.3. The summed E-state index contributed by atoms with van der Waals surface area (Å²) in [6.45, 7) is 4.01. The molecule has 0 aromatic carbocycles. The molecule has 0 saturated carbocycles. The molecule has 0 bridgehead atoms. The van der Waals surface area contributed by atoms with Gasteiger partial charge in [-0.05, 0) is 31.7 Å². The molecule has 1 aliphatic heterocycles. The van der Waals surface area contributed by atoms with Crippen LogP contribution in [-0.4, -0.2) is 38.1 Å². The van der Waals surface area contributed by atoms with Crippen molar-refractivity contribution >= 4 is 22.4 Å². The molecule has 1 rings (SSSR count). The van der Waals surface area contributed by atoms with Gasteiger partial charge < -0.3 is 5.73 Å². The van der Waals surface area contributed by atoms with E-state index in [4.69, 9.17) is 5.73 Å². The van der Waals surface area contributed by atoms with Crippen LogP contribution in [0.1, 0.15) is 32.6 Å². The highest BCUT2D eigenvalue weighted by Gasteiger charge is 2.26. The Balaban J connectivity index is 0.00000225. The lowest BCUT2D eigenvalue weighted by molar-refractivity contribution is 0.278. The van der Waals surface area contributed by atoms with Crippen LogP contribution in [0, 0.1) is 5.92 Å². The summed E-state index contributed by atoms with van der Waals surface area (Å²) >= 11 is 0. The van der Waals surface area contributed by atoms with Crippen molar-refractivity contribution in [2.45, 2.75) is 32.6 Å². The number of nitrogens with two attached hydrogens (primary N) is 1. The van der Waals surface area contributed by atoms with Crippen molar-refractivity contribution in [3.63, 3.8) is 0 Å². The minimum atomic E-state index is -2.98. The first-order valence-corrected chi connectivity index (χ1v) is 7.39. The fraction of sp³-hybridized carbons (Fsp3) is 1.00. The summed E-state index contributed by atoms with van der Waals surface area (Å²) in [4.78, 5) is 0. The Labute approximate surface area is 105 Å². The number of hydrogen-bond acceptors (Lipinski definition) is 3. The van der Waals surface area contributed by atoms with Gasteiger partial charge in [0.05, 0.1) is 5.75 Å². The molecule has 1 fully saturated rings. The van der Waals surface area contributed by atoms with Crippen molar-refractivity contribution in [1.29, 1.82) is 0 Å². The van der Waals surface area contributed by atoms with Crippen LogP contribution in [-0.2, 0) is 10.0 Å². The zero-order valence-electron chi connectivity index (χ0n) is 9.89. The number of halogens is 1. The number of unbranched alkanes of at least 4 members (excludes halogenated alkanes) is 1. The summed E-state index contributed by atoms with van der Waals surface area (Å²) in [5, 5.41) is 0. The van der Waals surface area contributed by atoms with Crippen LogP contribution in [0.2, 0.25) is 0 Å². The summed E-state index contributed by atoms with van der Waals surface area (Å²) in [5.74, 6) is 0.819. The van der Waals surface area contributed by atoms with E-state index in [0.717, 1.165) is 25.7 Å². The lowest BCUT2D eigenvalue weighted by Gasteiger charge is -2.30. The highest BCUT2D eigenvalue weighted by atomic mass is 35.5. The van der Waals surface area contributed by atoms with E-state index in [2.05, 4.69) is 0 Å². The Morgan fingerprint density at radius 2 is 1.88 bits per heavy atom. The van der Waals surface area contributed by atoms with Gasteiger partial charge in [0.2, 0.25) is 10.0 Å². The third-order valence-corrected chi connectivity index (χ3v) is 5.01. The van der Waals surface area contributed by atoms with Gasteiger partial charge in [-0.1, -0.05) is 13.3 Å². The molecule has 0 aromatic heterocycles. The van der Waals surface area contributed by atoms with Crippen LogP contribution in [0.15, 0.2) is 0 Å². The third-order valence-electron chi connectivity index (χ3n) is 3.06. The van der Waals surface area contributed by atoms with Crippen LogP contribution in [0.3, 0.4) is 0 Å². The number of piperidine rings is 1. The second kappa shape index (κ2) is 7.48. The van der Waals surface area contributed by atoms with E-state index in [-0.39, 0.29) is 12.4 Å². The summed E-state index contributed by atoms with van der Waals surface area (Å²) < 4.78 is 25.3. The van der Waals surface area contributed by atoms with E-state index in [1.807, 2.05) is 6.92 Å². The molecule has 0 amide bonds. The summed E-state index contributed by atoms with van der Waals surface area (Å²) in [5.41, 5.74) is 5.57. The second-order valence-corrected chi connectivity index (χ2v) is 6.34. The first-order chi connectivity index (χ1) is 7.10. The summed E-state index contributed by atoms with van der Waals surface area (Å²) in [6.07, 6.45) is 3.53. The quantitative estimate of drug-likeness (QED) is 0.817. The van der Waals surface area contributed by atoms with Gasteiger partial charge in [0.25, 0.3) is 0 Å². The van der Waals surface area contributed by atoms with Gasteiger partial charge in [-0.15, -0.1) is 12.4 Å². The van der Waals surface area contributed by atoms with Gasteiger partial charge in [0.1, 0.15) is 0 Å². The largest absolute Gasteiger partial charge is 0.330 e. The van der Waals surface area contributed by atoms with E-state index in [1.54, 1.807) is 4.31 Å². The smallest absolute Gasteiger partial charge is 0.214 e. The van der Waals surface area contributed by atoms with Crippen LogP contribution in [0.5, 0.6) is 0 Å². The van der Waals surface area contributed by atoms with Crippen molar-refractivity contribution in [2.24, 2.45) is 11.7 Å². The minimum Gasteiger partial charge on any atom is -0.330 e. The van der Waals surface area contributed by atoms with Crippen molar-refractivity contribution in [3.8, 4) is 0 Å². The van der Waals surface area contributed by atoms with Crippen molar-refractivity contribution in [1.82, 2.24) is 4.31 Å². The Bertz CT molecular complexity index is 275. The molecule has 16 heavy (non-hydrogen) atoms. The predicted molar refractivity (Wildman–Crippen MR) is 69.3 cm³/mol. The van der Waals surface area contributed by atoms with E-state index >= 15 is 0 Å². The van der Waals surface area contributed by atoms with Crippen molar-refractivity contribution in [2.75, 3.05) is 25.4 Å². The standard InChI is InChI=1S/C10H22N2O2S.ClH/c1-2-3-8-15(13,14)12-6-4-10(9-11)5-7-12;/h10H,2-9,11H2,1H3;1H. The molecule has 0 radical (unpaired) electrons. The van der Waals surface area contributed by atoms with E-state index < -0.39 is 10.0 Å². The van der Waals surface area contributed by atoms with Crippen LogP contribution >= 0.6 is 12.4 Å². The Kier molecular flexibility index (Phi) is 7.55. The number of hydrogen-bond donors (Lipinski definition) is 1. The maximum atomic E-state index is 11.8. The van der Waals surface area contributed by atoms with Crippen molar-refractivity contribution < 1.29 is 8.42 Å². The van der Waals surface area contributed by atoms with Gasteiger partial charge in [-0.2, -0.15) is 0 Å². The zero-order valence-corrected chi connectivity index (χ0v) is 11.5. The van der Waals surface area contributed by atoms with Crippen molar-refractivity contribution in [3.05, 3.63) is 0 Å². The normalized spacial score (nSPS) is 19.4. The number of rotatable bonds is 5. The van der Waals surface area contributed by atoms with Crippen LogP contribution in [0.25, 0.3) is 0 Å². The Morgan fingerprint density at radius 3 is 2.31 bits per heavy atom. The molecule has 0 unspecified atom stereocenters. The monoisotopic (exact) mass is 270 g/mol. The summed E-state index contributed by atoms with van der Waals surface area (Å²) in [6, 6.07) is 0. The third kappa shape index (κ3) is 4.57. The highest BCUT2D eigenvalue weighted by molar-refractivity contribution is 7.89. The maximum absolute atomic E-state index is 11.8. The molecule has 6 heteroatoms. The fourth-order valence-electron chi connectivity index (χ4n) is 1.88. The molecular weight excluding hydrogens is 248 g/mol. The van der Waals surface area contributed by atoms with Gasteiger partial charge in [0, 0.05) is 13.1 Å². The first-order valence-electron chi connectivity index (χ1n) is 5.78. The van der Waals surface area contributed by atoms with E-state index in [1.165, 1.54) is 0 Å². The molecule has 1 aliphatic rings. The van der Waals surface area contributed by atoms with Crippen LogP contribution in [0.4, 0.5) is 0 Å². The molecule has 1 heterocycles. The lowest BCUT2D eigenvalue weighted by Crippen LogP contribution is -2.41. The van der Waals surface area contributed by atoms with Gasteiger partial charge in [-0.3, -0.25) is 0 Å². The number of sulfonamides is 1. The molecule has 4 nitrogen and oxygen atoms in total. The minimum absolute atomic E-state index is 0. The molecule has 1 saturated heterocycles. The Hall–Kier alpha value is 0.160. The molecule has 0 spiro atoms. The van der Waals surface area contributed by atoms with Gasteiger partial charge in [0.15, 0.2) is 0 Å². The van der Waals surface area contributed by atoms with E-state index in [0.29, 0.717) is 31.3 Å². The van der Waals surface area contributed by atoms with Crippen LogP contribution < -0.4 is 5.73 Å². The average Bonchev–Trinajstić information content (AvgIpc) is 2.26. The summed E-state index contributed by atoms with van der Waals surface area (Å²) in [7, 11) is -2.98. The van der Waals surface area contributed by atoms with Gasteiger partial charge in [-0.25, -0.2) is 12.7 Å². The average molecular weight is 271 g/mol. The lowest BCUT2D eigenvalue weighted by atomic mass is 9.99. The number of nitrogens with zero attached hydrogens (tertiary/aromatic N) is 1. The highest BCUT2D eigenvalue weighted by Crippen LogP contribution is 2.19. The first kappa shape index (κ1) is 16.2. The topological polar surface area (TPSA) is 63.4 Å². The van der Waals surface area contributed by atoms with Gasteiger partial charge >= 0.3 is 0 Å². The van der Waals surface area contributed by atoms with E-state index in [9.17, 15) is 8.42 Å². The fourth-order valence-corrected chi connectivity index (χ4v) is 3.56. The molecule has 0 aromatic rings. The maximum Gasteiger partial charge on any atom is 0.214 e. The predicted octanol–water partition coefficient (Wildman–Crippen LogP) is 1.21. The molecular formula is C10H23ClN2O2S.